The molecule has 2 amide bonds. The predicted octanol–water partition coefficient (Wildman–Crippen LogP) is 4.91. The Labute approximate surface area is 253 Å². The lowest BCUT2D eigenvalue weighted by molar-refractivity contribution is -0.143. The number of halogens is 3. The van der Waals surface area contributed by atoms with Crippen LogP contribution in [-0.4, -0.2) is 80.5 Å². The van der Waals surface area contributed by atoms with Crippen LogP contribution in [0.1, 0.15) is 50.3 Å². The fourth-order valence-electron chi connectivity index (χ4n) is 5.86. The summed E-state index contributed by atoms with van der Waals surface area (Å²) in [5, 5.41) is 7.80. The van der Waals surface area contributed by atoms with Crippen LogP contribution in [0, 0.1) is 11.7 Å². The van der Waals surface area contributed by atoms with E-state index >= 15 is 0 Å². The fraction of sp³-hybridized carbons (Fsp3) is 0.548. The van der Waals surface area contributed by atoms with Crippen molar-refractivity contribution >= 4 is 40.7 Å². The van der Waals surface area contributed by atoms with Gasteiger partial charge in [0.15, 0.2) is 0 Å². The molecule has 7 nitrogen and oxygen atoms in total. The zero-order valence-electron chi connectivity index (χ0n) is 24.3. The van der Waals surface area contributed by atoms with Gasteiger partial charge in [0.25, 0.3) is 0 Å². The van der Waals surface area contributed by atoms with Gasteiger partial charge in [-0.2, -0.15) is 0 Å². The summed E-state index contributed by atoms with van der Waals surface area (Å²) in [6.07, 6.45) is 2.44. The van der Waals surface area contributed by atoms with Gasteiger partial charge in [-0.1, -0.05) is 43.1 Å². The molecule has 0 bridgehead atoms. The Bertz CT molecular complexity index is 1210. The molecule has 2 aliphatic heterocycles. The molecule has 2 unspecified atom stereocenters. The van der Waals surface area contributed by atoms with E-state index in [1.807, 2.05) is 24.1 Å². The van der Waals surface area contributed by atoms with Gasteiger partial charge in [-0.15, -0.1) is 0 Å². The number of likely N-dealkylation sites (tertiary alicyclic amines) is 1. The van der Waals surface area contributed by atoms with Crippen molar-refractivity contribution in [3.05, 3.63) is 63.4 Å². The number of benzene rings is 2. The van der Waals surface area contributed by atoms with E-state index < -0.39 is 6.04 Å². The Kier molecular flexibility index (Phi) is 11.3. The van der Waals surface area contributed by atoms with Crippen molar-refractivity contribution < 1.29 is 14.0 Å². The molecule has 41 heavy (non-hydrogen) atoms. The van der Waals surface area contributed by atoms with Gasteiger partial charge in [0.2, 0.25) is 11.8 Å². The minimum Gasteiger partial charge on any atom is -0.368 e. The van der Waals surface area contributed by atoms with Gasteiger partial charge in [0.05, 0.1) is 0 Å². The van der Waals surface area contributed by atoms with Gasteiger partial charge in [-0.25, -0.2) is 4.39 Å². The fourth-order valence-corrected chi connectivity index (χ4v) is 6.34. The van der Waals surface area contributed by atoms with Crippen molar-refractivity contribution in [2.24, 2.45) is 5.92 Å². The Hall–Kier alpha value is -2.39. The van der Waals surface area contributed by atoms with Crippen LogP contribution in [0.2, 0.25) is 10.0 Å². The highest BCUT2D eigenvalue weighted by Gasteiger charge is 2.37. The minimum atomic E-state index is -0.608. The van der Waals surface area contributed by atoms with Crippen molar-refractivity contribution in [1.82, 2.24) is 20.4 Å². The largest absolute Gasteiger partial charge is 0.368 e. The normalized spacial score (nSPS) is 17.4. The third-order valence-electron chi connectivity index (χ3n) is 7.97. The summed E-state index contributed by atoms with van der Waals surface area (Å²) < 4.78 is 14.5. The number of likely N-dealkylation sites (N-methyl/N-ethyl adjacent to an activating group) is 1. The number of nitrogens with one attached hydrogen (secondary N) is 2. The Morgan fingerprint density at radius 3 is 2.41 bits per heavy atom. The standard InChI is InChI=1S/C31H42Cl2FN5O2/c1-21(2)17-27(36-11-10-35-3)25-20-24(34)8-9-28(25)37-13-15-38(16-14-37)31(41)29(39-12-4-5-30(39)40)18-22-6-7-23(32)19-26(22)33/h6-9,19-21,27,29,35-36H,4-5,10-18H2,1-3H3. The van der Waals surface area contributed by atoms with Crippen molar-refractivity contribution in [3.8, 4) is 0 Å². The molecule has 2 saturated heterocycles. The van der Waals surface area contributed by atoms with Crippen LogP contribution < -0.4 is 15.5 Å². The quantitative estimate of drug-likeness (QED) is 0.336. The van der Waals surface area contributed by atoms with E-state index in [1.165, 1.54) is 6.07 Å². The van der Waals surface area contributed by atoms with Crippen LogP contribution in [0.3, 0.4) is 0 Å². The number of carbonyl (C=O) groups excluding carboxylic acids is 2. The second-order valence-corrected chi connectivity index (χ2v) is 12.2. The van der Waals surface area contributed by atoms with Crippen LogP contribution in [0.5, 0.6) is 0 Å². The molecule has 2 heterocycles. The zero-order valence-corrected chi connectivity index (χ0v) is 25.8. The van der Waals surface area contributed by atoms with Gasteiger partial charge < -0.3 is 25.3 Å². The summed E-state index contributed by atoms with van der Waals surface area (Å²) in [7, 11) is 1.92. The van der Waals surface area contributed by atoms with E-state index in [-0.39, 0.29) is 23.7 Å². The second kappa shape index (κ2) is 14.7. The summed E-state index contributed by atoms with van der Waals surface area (Å²) in [4.78, 5) is 32.5. The number of hydrogen-bond acceptors (Lipinski definition) is 5. The molecule has 2 atom stereocenters. The molecule has 10 heteroatoms. The SMILES string of the molecule is CNCCNC(CC(C)C)c1cc(F)ccc1N1CCN(C(=O)C(Cc2ccc(Cl)cc2Cl)N2CCCC2=O)CC1. The van der Waals surface area contributed by atoms with Crippen LogP contribution >= 0.6 is 23.2 Å². The summed E-state index contributed by atoms with van der Waals surface area (Å²) >= 11 is 12.6. The average molecular weight is 607 g/mol. The molecule has 2 aromatic rings. The maximum Gasteiger partial charge on any atom is 0.245 e. The molecule has 224 valence electrons. The molecule has 0 aromatic heterocycles. The van der Waals surface area contributed by atoms with Crippen molar-refractivity contribution in [2.75, 3.05) is 57.8 Å². The Balaban J connectivity index is 1.50. The molecular formula is C31H42Cl2FN5O2. The van der Waals surface area contributed by atoms with Crippen LogP contribution in [0.25, 0.3) is 0 Å². The van der Waals surface area contributed by atoms with Gasteiger partial charge in [0, 0.05) is 80.4 Å². The number of piperazine rings is 1. The number of rotatable bonds is 12. The Morgan fingerprint density at radius 2 is 1.78 bits per heavy atom. The van der Waals surface area contributed by atoms with Gasteiger partial charge >= 0.3 is 0 Å². The first kappa shape index (κ1) is 31.5. The number of hydrogen-bond donors (Lipinski definition) is 2. The zero-order chi connectivity index (χ0) is 29.5. The first-order chi connectivity index (χ1) is 19.7. The number of amides is 2. The second-order valence-electron chi connectivity index (χ2n) is 11.4. The molecule has 2 fully saturated rings. The third kappa shape index (κ3) is 8.13. The van der Waals surface area contributed by atoms with E-state index in [0.29, 0.717) is 61.5 Å². The maximum absolute atomic E-state index is 14.5. The van der Waals surface area contributed by atoms with Crippen molar-refractivity contribution in [1.29, 1.82) is 0 Å². The van der Waals surface area contributed by atoms with E-state index in [9.17, 15) is 14.0 Å². The highest BCUT2D eigenvalue weighted by atomic mass is 35.5. The molecule has 0 spiro atoms. The first-order valence-corrected chi connectivity index (χ1v) is 15.4. The summed E-state index contributed by atoms with van der Waals surface area (Å²) in [6, 6.07) is 9.70. The van der Waals surface area contributed by atoms with E-state index in [4.69, 9.17) is 23.2 Å². The van der Waals surface area contributed by atoms with Crippen molar-refractivity contribution in [2.45, 2.75) is 51.6 Å². The molecule has 4 rings (SSSR count). The van der Waals surface area contributed by atoms with Gasteiger partial charge in [-0.3, -0.25) is 9.59 Å². The molecule has 2 N–H and O–H groups in total. The minimum absolute atomic E-state index is 0.00462. The number of anilines is 1. The van der Waals surface area contributed by atoms with E-state index in [2.05, 4.69) is 29.4 Å². The van der Waals surface area contributed by atoms with Gasteiger partial charge in [0.1, 0.15) is 11.9 Å². The summed E-state index contributed by atoms with van der Waals surface area (Å²) in [6.45, 7) is 8.80. The van der Waals surface area contributed by atoms with Crippen LogP contribution in [-0.2, 0) is 16.0 Å². The lowest BCUT2D eigenvalue weighted by Gasteiger charge is -2.40. The third-order valence-corrected chi connectivity index (χ3v) is 8.56. The topological polar surface area (TPSA) is 67.9 Å². The molecule has 2 aromatic carbocycles. The van der Waals surface area contributed by atoms with E-state index in [0.717, 1.165) is 42.7 Å². The average Bonchev–Trinajstić information content (AvgIpc) is 3.37. The highest BCUT2D eigenvalue weighted by molar-refractivity contribution is 6.35. The summed E-state index contributed by atoms with van der Waals surface area (Å²) in [5.41, 5.74) is 2.75. The molecule has 0 aliphatic carbocycles. The highest BCUT2D eigenvalue weighted by Crippen LogP contribution is 2.32. The predicted molar refractivity (Wildman–Crippen MR) is 164 cm³/mol. The maximum atomic E-state index is 14.5. The van der Waals surface area contributed by atoms with E-state index in [1.54, 1.807) is 23.1 Å². The molecular weight excluding hydrogens is 564 g/mol. The number of carbonyl (C=O) groups is 2. The van der Waals surface area contributed by atoms with Gasteiger partial charge in [-0.05, 0) is 67.3 Å². The first-order valence-electron chi connectivity index (χ1n) is 14.6. The Morgan fingerprint density at radius 1 is 1.02 bits per heavy atom. The summed E-state index contributed by atoms with van der Waals surface area (Å²) in [5.74, 6) is 0.134. The molecule has 2 aliphatic rings. The van der Waals surface area contributed by atoms with Crippen LogP contribution in [0.15, 0.2) is 36.4 Å². The smallest absolute Gasteiger partial charge is 0.245 e. The lowest BCUT2D eigenvalue weighted by Crippen LogP contribution is -2.56. The number of nitrogens with zero attached hydrogens (tertiary/aromatic N) is 3. The monoisotopic (exact) mass is 605 g/mol. The lowest BCUT2D eigenvalue weighted by atomic mass is 9.94. The van der Waals surface area contributed by atoms with Crippen LogP contribution in [0.4, 0.5) is 10.1 Å². The molecule has 0 saturated carbocycles. The molecule has 0 radical (unpaired) electrons. The van der Waals surface area contributed by atoms with Crippen molar-refractivity contribution in [3.63, 3.8) is 0 Å².